The highest BCUT2D eigenvalue weighted by molar-refractivity contribution is 7.15. The summed E-state index contributed by atoms with van der Waals surface area (Å²) in [4.78, 5) is 20.5. The van der Waals surface area contributed by atoms with Crippen LogP contribution in [0.15, 0.2) is 60.1 Å². The summed E-state index contributed by atoms with van der Waals surface area (Å²) in [7, 11) is 0. The number of fused-ring (bicyclic) bond motifs is 1. The minimum Gasteiger partial charge on any atom is -0.378 e. The van der Waals surface area contributed by atoms with E-state index in [9.17, 15) is 9.18 Å². The van der Waals surface area contributed by atoms with E-state index in [4.69, 9.17) is 9.72 Å². The normalized spacial score (nSPS) is 14.4. The summed E-state index contributed by atoms with van der Waals surface area (Å²) in [6, 6.07) is 14.0. The number of benzene rings is 2. The molecular formula is C22H18FN3O2S. The van der Waals surface area contributed by atoms with E-state index >= 15 is 0 Å². The summed E-state index contributed by atoms with van der Waals surface area (Å²) < 4.78 is 20.6. The Hall–Kier alpha value is -3.03. The Labute approximate surface area is 171 Å². The molecule has 29 heavy (non-hydrogen) atoms. The summed E-state index contributed by atoms with van der Waals surface area (Å²) in [5, 5.41) is 2.00. The molecule has 5 rings (SSSR count). The topological polar surface area (TPSA) is 46.8 Å². The Balaban J connectivity index is 1.55. The maximum Gasteiger partial charge on any atom is 0.254 e. The number of ether oxygens (including phenoxy) is 1. The number of amides is 1. The zero-order valence-corrected chi connectivity index (χ0v) is 16.4. The molecule has 1 aliphatic heterocycles. The molecule has 3 heterocycles. The number of rotatable bonds is 3. The largest absolute Gasteiger partial charge is 0.378 e. The predicted octanol–water partition coefficient (Wildman–Crippen LogP) is 4.34. The lowest BCUT2D eigenvalue weighted by Gasteiger charge is -2.27. The number of thiazole rings is 1. The van der Waals surface area contributed by atoms with Gasteiger partial charge in [-0.1, -0.05) is 18.2 Å². The quantitative estimate of drug-likeness (QED) is 0.508. The molecule has 1 aliphatic rings. The smallest absolute Gasteiger partial charge is 0.254 e. The average Bonchev–Trinajstić information content (AvgIpc) is 3.36. The molecule has 0 atom stereocenters. The third kappa shape index (κ3) is 3.32. The first-order valence-electron chi connectivity index (χ1n) is 9.40. The number of halogens is 1. The molecule has 4 aromatic rings. The van der Waals surface area contributed by atoms with Crippen LogP contribution in [0.5, 0.6) is 0 Å². The number of hydrogen-bond acceptors (Lipinski definition) is 4. The Morgan fingerprint density at radius 3 is 2.62 bits per heavy atom. The van der Waals surface area contributed by atoms with Crippen molar-refractivity contribution in [2.45, 2.75) is 0 Å². The summed E-state index contributed by atoms with van der Waals surface area (Å²) in [5.74, 6) is -0.263. The van der Waals surface area contributed by atoms with Crippen LogP contribution in [0.2, 0.25) is 0 Å². The maximum atomic E-state index is 13.3. The molecule has 5 nitrogen and oxygen atoms in total. The fourth-order valence-corrected chi connectivity index (χ4v) is 4.45. The van der Waals surface area contributed by atoms with Gasteiger partial charge in [-0.05, 0) is 35.9 Å². The van der Waals surface area contributed by atoms with E-state index in [1.54, 1.807) is 12.1 Å². The van der Waals surface area contributed by atoms with Crippen LogP contribution in [0.25, 0.3) is 27.5 Å². The standard InChI is InChI=1S/C22H18FN3O2S/c23-16-7-5-15(6-8-16)20-14-29-22-24-19(13-26(20)22)17-3-1-2-4-18(17)21(27)25-9-11-28-12-10-25/h1-8,13-14H,9-12H2. The van der Waals surface area contributed by atoms with Gasteiger partial charge in [0.25, 0.3) is 5.91 Å². The minimum atomic E-state index is -0.262. The van der Waals surface area contributed by atoms with Crippen molar-refractivity contribution in [1.29, 1.82) is 0 Å². The fourth-order valence-electron chi connectivity index (χ4n) is 3.57. The number of carbonyl (C=O) groups excluding carboxylic acids is 1. The van der Waals surface area contributed by atoms with Crippen molar-refractivity contribution in [3.05, 3.63) is 71.5 Å². The van der Waals surface area contributed by atoms with Crippen LogP contribution in [0.3, 0.4) is 0 Å². The Kier molecular flexibility index (Phi) is 4.61. The van der Waals surface area contributed by atoms with Gasteiger partial charge in [0.1, 0.15) is 5.82 Å². The van der Waals surface area contributed by atoms with Crippen molar-refractivity contribution in [3.8, 4) is 22.5 Å². The van der Waals surface area contributed by atoms with Gasteiger partial charge in [0.2, 0.25) is 0 Å². The van der Waals surface area contributed by atoms with Gasteiger partial charge in [-0.2, -0.15) is 0 Å². The van der Waals surface area contributed by atoms with E-state index in [0.717, 1.165) is 27.5 Å². The van der Waals surface area contributed by atoms with Gasteiger partial charge in [0.15, 0.2) is 4.96 Å². The molecule has 0 bridgehead atoms. The molecule has 0 N–H and O–H groups in total. The first-order valence-corrected chi connectivity index (χ1v) is 10.3. The average molecular weight is 407 g/mol. The highest BCUT2D eigenvalue weighted by Crippen LogP contribution is 2.31. The highest BCUT2D eigenvalue weighted by atomic mass is 32.1. The molecule has 2 aromatic carbocycles. The van der Waals surface area contributed by atoms with Crippen LogP contribution in [0.1, 0.15) is 10.4 Å². The monoisotopic (exact) mass is 407 g/mol. The van der Waals surface area contributed by atoms with Crippen molar-refractivity contribution in [1.82, 2.24) is 14.3 Å². The number of morpholine rings is 1. The van der Waals surface area contributed by atoms with Crippen molar-refractivity contribution < 1.29 is 13.9 Å². The summed E-state index contributed by atoms with van der Waals surface area (Å²) >= 11 is 1.52. The molecule has 2 aromatic heterocycles. The molecule has 0 aliphatic carbocycles. The number of aromatic nitrogens is 2. The second-order valence-electron chi connectivity index (χ2n) is 6.86. The van der Waals surface area contributed by atoms with Crippen LogP contribution in [0, 0.1) is 5.82 Å². The zero-order chi connectivity index (χ0) is 19.8. The van der Waals surface area contributed by atoms with Crippen LogP contribution >= 0.6 is 11.3 Å². The minimum absolute atomic E-state index is 0.000914. The van der Waals surface area contributed by atoms with Gasteiger partial charge in [0.05, 0.1) is 24.6 Å². The number of hydrogen-bond donors (Lipinski definition) is 0. The maximum absolute atomic E-state index is 13.3. The summed E-state index contributed by atoms with van der Waals surface area (Å²) in [6.45, 7) is 2.32. The summed E-state index contributed by atoms with van der Waals surface area (Å²) in [6.07, 6.45) is 1.94. The lowest BCUT2D eigenvalue weighted by molar-refractivity contribution is 0.0303. The first kappa shape index (κ1) is 18.0. The Bertz CT molecular complexity index is 1180. The van der Waals surface area contributed by atoms with E-state index in [2.05, 4.69) is 0 Å². The molecule has 1 fully saturated rings. The molecule has 1 amide bonds. The highest BCUT2D eigenvalue weighted by Gasteiger charge is 2.22. The number of carbonyl (C=O) groups is 1. The number of nitrogens with zero attached hydrogens (tertiary/aromatic N) is 3. The third-order valence-electron chi connectivity index (χ3n) is 5.08. The van der Waals surface area contributed by atoms with Crippen LogP contribution < -0.4 is 0 Å². The van der Waals surface area contributed by atoms with E-state index in [1.807, 2.05) is 45.1 Å². The molecule has 0 radical (unpaired) electrons. The van der Waals surface area contributed by atoms with Gasteiger partial charge in [0, 0.05) is 35.8 Å². The molecule has 1 saturated heterocycles. The molecule has 7 heteroatoms. The van der Waals surface area contributed by atoms with E-state index in [1.165, 1.54) is 23.5 Å². The van der Waals surface area contributed by atoms with E-state index in [-0.39, 0.29) is 11.7 Å². The zero-order valence-electron chi connectivity index (χ0n) is 15.5. The second-order valence-corrected chi connectivity index (χ2v) is 7.69. The van der Waals surface area contributed by atoms with Crippen LogP contribution in [0.4, 0.5) is 4.39 Å². The fraction of sp³-hybridized carbons (Fsp3) is 0.182. The molecule has 0 spiro atoms. The Morgan fingerprint density at radius 2 is 1.83 bits per heavy atom. The SMILES string of the molecule is O=C(c1ccccc1-c1cn2c(-c3ccc(F)cc3)csc2n1)N1CCOCC1. The Morgan fingerprint density at radius 1 is 1.07 bits per heavy atom. The van der Waals surface area contributed by atoms with Crippen molar-refractivity contribution in [2.75, 3.05) is 26.3 Å². The van der Waals surface area contributed by atoms with Crippen molar-refractivity contribution in [3.63, 3.8) is 0 Å². The van der Waals surface area contributed by atoms with Gasteiger partial charge in [-0.25, -0.2) is 9.37 Å². The van der Waals surface area contributed by atoms with E-state index in [0.29, 0.717) is 31.9 Å². The third-order valence-corrected chi connectivity index (χ3v) is 5.92. The van der Waals surface area contributed by atoms with Gasteiger partial charge in [-0.3, -0.25) is 9.20 Å². The van der Waals surface area contributed by atoms with Crippen molar-refractivity contribution >= 4 is 22.2 Å². The van der Waals surface area contributed by atoms with Crippen LogP contribution in [-0.2, 0) is 4.74 Å². The van der Waals surface area contributed by atoms with Crippen molar-refractivity contribution in [2.24, 2.45) is 0 Å². The van der Waals surface area contributed by atoms with Gasteiger partial charge < -0.3 is 9.64 Å². The second kappa shape index (κ2) is 7.42. The van der Waals surface area contributed by atoms with Gasteiger partial charge >= 0.3 is 0 Å². The van der Waals surface area contributed by atoms with Crippen LogP contribution in [-0.4, -0.2) is 46.5 Å². The molecule has 0 saturated carbocycles. The lowest BCUT2D eigenvalue weighted by Crippen LogP contribution is -2.40. The number of imidazole rings is 1. The molecule has 0 unspecified atom stereocenters. The predicted molar refractivity (Wildman–Crippen MR) is 111 cm³/mol. The van der Waals surface area contributed by atoms with Gasteiger partial charge in [-0.15, -0.1) is 11.3 Å². The summed E-state index contributed by atoms with van der Waals surface area (Å²) in [5.41, 5.74) is 4.06. The lowest BCUT2D eigenvalue weighted by atomic mass is 10.0. The first-order chi connectivity index (χ1) is 14.2. The molecule has 146 valence electrons. The van der Waals surface area contributed by atoms with E-state index < -0.39 is 0 Å². The molecular weight excluding hydrogens is 389 g/mol.